The molecule has 0 saturated carbocycles. The van der Waals surface area contributed by atoms with Gasteiger partial charge in [-0.3, -0.25) is 0 Å². The molecule has 0 heterocycles. The number of benzene rings is 1. The fourth-order valence-electron chi connectivity index (χ4n) is 3.51. The molecule has 6 heteroatoms. The van der Waals surface area contributed by atoms with Gasteiger partial charge in [0.05, 0.1) is 13.2 Å². The molecule has 1 aromatic rings. The molecule has 0 aromatic heterocycles. The lowest BCUT2D eigenvalue weighted by Crippen LogP contribution is -2.64. The van der Waals surface area contributed by atoms with Crippen LogP contribution in [0.15, 0.2) is 24.3 Å². The molecule has 0 aliphatic carbocycles. The van der Waals surface area contributed by atoms with E-state index in [1.807, 2.05) is 24.3 Å². The standard InChI is InChI=1S/C24H42O6/c1-7-13-16-20(8-2)19-21-17-14-15-18-22(21)30-24(28-11-5,29-12-6)23(25,26-9-3)27-10-4/h14-15,17-18,20,25H,7-13,16,19H2,1-6H3. The van der Waals surface area contributed by atoms with Gasteiger partial charge in [-0.05, 0) is 51.7 Å². The number of aliphatic hydroxyl groups is 1. The van der Waals surface area contributed by atoms with Crippen LogP contribution in [-0.2, 0) is 25.4 Å². The Morgan fingerprint density at radius 2 is 1.40 bits per heavy atom. The molecule has 1 aromatic carbocycles. The third-order valence-corrected chi connectivity index (χ3v) is 5.00. The SMILES string of the molecule is CCCCC(CC)Cc1ccccc1OC(OCC)(OCC)C(O)(OCC)OCC. The molecule has 1 atom stereocenters. The summed E-state index contributed by atoms with van der Waals surface area (Å²) in [6.07, 6.45) is 5.53. The summed E-state index contributed by atoms with van der Waals surface area (Å²) in [6.45, 7) is 12.4. The van der Waals surface area contributed by atoms with Crippen LogP contribution >= 0.6 is 0 Å². The Kier molecular flexibility index (Phi) is 12.5. The van der Waals surface area contributed by atoms with Gasteiger partial charge in [0.2, 0.25) is 0 Å². The number of para-hydroxylation sites is 1. The van der Waals surface area contributed by atoms with Gasteiger partial charge in [-0.2, -0.15) is 0 Å². The van der Waals surface area contributed by atoms with Gasteiger partial charge in [-0.1, -0.05) is 57.7 Å². The van der Waals surface area contributed by atoms with Crippen LogP contribution < -0.4 is 4.74 Å². The number of hydrogen-bond acceptors (Lipinski definition) is 6. The van der Waals surface area contributed by atoms with E-state index in [1.165, 1.54) is 19.3 Å². The van der Waals surface area contributed by atoms with E-state index in [4.69, 9.17) is 23.7 Å². The first-order valence-corrected chi connectivity index (χ1v) is 11.5. The van der Waals surface area contributed by atoms with Crippen molar-refractivity contribution < 1.29 is 28.8 Å². The zero-order chi connectivity index (χ0) is 22.5. The number of ether oxygens (including phenoxy) is 5. The molecular formula is C24H42O6. The van der Waals surface area contributed by atoms with Crippen molar-refractivity contribution in [3.05, 3.63) is 29.8 Å². The predicted octanol–water partition coefficient (Wildman–Crippen LogP) is 5.27. The second-order valence-corrected chi connectivity index (χ2v) is 7.20. The summed E-state index contributed by atoms with van der Waals surface area (Å²) in [4.78, 5) is 0. The summed E-state index contributed by atoms with van der Waals surface area (Å²) in [7, 11) is 0. The number of hydrogen-bond donors (Lipinski definition) is 1. The molecule has 1 unspecified atom stereocenters. The van der Waals surface area contributed by atoms with E-state index >= 15 is 0 Å². The monoisotopic (exact) mass is 426 g/mol. The highest BCUT2D eigenvalue weighted by molar-refractivity contribution is 5.34. The first kappa shape index (κ1) is 26.9. The Balaban J connectivity index is 3.32. The van der Waals surface area contributed by atoms with Crippen LogP contribution in [0.25, 0.3) is 0 Å². The summed E-state index contributed by atoms with van der Waals surface area (Å²) >= 11 is 0. The van der Waals surface area contributed by atoms with Crippen LogP contribution in [0.1, 0.15) is 72.8 Å². The predicted molar refractivity (Wildman–Crippen MR) is 118 cm³/mol. The highest BCUT2D eigenvalue weighted by atomic mass is 17.0. The first-order valence-electron chi connectivity index (χ1n) is 11.5. The number of unbranched alkanes of at least 4 members (excludes halogenated alkanes) is 1. The molecule has 0 fully saturated rings. The maximum Gasteiger partial charge on any atom is 0.414 e. The van der Waals surface area contributed by atoms with Gasteiger partial charge in [-0.15, -0.1) is 0 Å². The van der Waals surface area contributed by atoms with E-state index in [-0.39, 0.29) is 26.4 Å². The van der Waals surface area contributed by atoms with E-state index in [0.29, 0.717) is 11.7 Å². The van der Waals surface area contributed by atoms with E-state index in [9.17, 15) is 5.11 Å². The Labute approximate surface area is 182 Å². The van der Waals surface area contributed by atoms with Gasteiger partial charge in [0.15, 0.2) is 0 Å². The summed E-state index contributed by atoms with van der Waals surface area (Å²) in [6, 6.07) is 7.81. The average molecular weight is 427 g/mol. The zero-order valence-corrected chi connectivity index (χ0v) is 19.7. The Hall–Kier alpha value is -1.18. The van der Waals surface area contributed by atoms with Gasteiger partial charge in [0, 0.05) is 13.2 Å². The van der Waals surface area contributed by atoms with E-state index in [1.54, 1.807) is 27.7 Å². The van der Waals surface area contributed by atoms with Crippen molar-refractivity contribution in [1.82, 2.24) is 0 Å². The quantitative estimate of drug-likeness (QED) is 0.342. The van der Waals surface area contributed by atoms with Gasteiger partial charge in [0.25, 0.3) is 0 Å². The second-order valence-electron chi connectivity index (χ2n) is 7.20. The van der Waals surface area contributed by atoms with Crippen LogP contribution in [0.4, 0.5) is 0 Å². The largest absolute Gasteiger partial charge is 0.433 e. The van der Waals surface area contributed by atoms with Crippen LogP contribution in [-0.4, -0.2) is 43.5 Å². The van der Waals surface area contributed by atoms with Crippen LogP contribution in [0, 0.1) is 5.92 Å². The minimum absolute atomic E-state index is 0.193. The molecule has 0 aliphatic heterocycles. The molecule has 0 saturated heterocycles. The molecule has 1 rings (SSSR count). The highest BCUT2D eigenvalue weighted by Gasteiger charge is 2.60. The molecule has 0 aliphatic rings. The summed E-state index contributed by atoms with van der Waals surface area (Å²) in [5.41, 5.74) is 1.04. The maximum atomic E-state index is 11.3. The van der Waals surface area contributed by atoms with E-state index in [0.717, 1.165) is 18.4 Å². The lowest BCUT2D eigenvalue weighted by Gasteiger charge is -2.43. The average Bonchev–Trinajstić information content (AvgIpc) is 2.72. The fraction of sp³-hybridized carbons (Fsp3) is 0.750. The molecule has 6 nitrogen and oxygen atoms in total. The molecule has 1 N–H and O–H groups in total. The van der Waals surface area contributed by atoms with Gasteiger partial charge in [0.1, 0.15) is 5.75 Å². The summed E-state index contributed by atoms with van der Waals surface area (Å²) in [5.74, 6) is -3.03. The fourth-order valence-corrected chi connectivity index (χ4v) is 3.51. The smallest absolute Gasteiger partial charge is 0.414 e. The molecule has 0 bridgehead atoms. The Morgan fingerprint density at radius 1 is 0.833 bits per heavy atom. The Bertz CT molecular complexity index is 565. The number of rotatable bonds is 17. The van der Waals surface area contributed by atoms with Crippen molar-refractivity contribution >= 4 is 0 Å². The van der Waals surface area contributed by atoms with Gasteiger partial charge >= 0.3 is 11.9 Å². The molecular weight excluding hydrogens is 384 g/mol. The van der Waals surface area contributed by atoms with Crippen molar-refractivity contribution in [3.8, 4) is 5.75 Å². The van der Waals surface area contributed by atoms with Crippen LogP contribution in [0.2, 0.25) is 0 Å². The second kappa shape index (κ2) is 14.0. The van der Waals surface area contributed by atoms with Gasteiger partial charge in [-0.25, -0.2) is 0 Å². The third-order valence-electron chi connectivity index (χ3n) is 5.00. The highest BCUT2D eigenvalue weighted by Crippen LogP contribution is 2.36. The van der Waals surface area contributed by atoms with Crippen molar-refractivity contribution in [1.29, 1.82) is 0 Å². The summed E-state index contributed by atoms with van der Waals surface area (Å²) < 4.78 is 29.1. The maximum absolute atomic E-state index is 11.3. The van der Waals surface area contributed by atoms with Crippen LogP contribution in [0.5, 0.6) is 5.75 Å². The lowest BCUT2D eigenvalue weighted by atomic mass is 9.91. The zero-order valence-electron chi connectivity index (χ0n) is 19.7. The minimum atomic E-state index is -2.22. The first-order chi connectivity index (χ1) is 14.5. The van der Waals surface area contributed by atoms with Crippen molar-refractivity contribution in [3.63, 3.8) is 0 Å². The van der Waals surface area contributed by atoms with Crippen molar-refractivity contribution in [2.45, 2.75) is 85.6 Å². The molecule has 0 amide bonds. The Morgan fingerprint density at radius 3 is 1.90 bits per heavy atom. The topological polar surface area (TPSA) is 66.4 Å². The molecule has 30 heavy (non-hydrogen) atoms. The molecule has 0 radical (unpaired) electrons. The lowest BCUT2D eigenvalue weighted by molar-refractivity contribution is -0.535. The van der Waals surface area contributed by atoms with E-state index in [2.05, 4.69) is 13.8 Å². The normalized spacial score (nSPS) is 13.4. The van der Waals surface area contributed by atoms with E-state index < -0.39 is 11.9 Å². The van der Waals surface area contributed by atoms with Crippen molar-refractivity contribution in [2.24, 2.45) is 5.92 Å². The van der Waals surface area contributed by atoms with Gasteiger partial charge < -0.3 is 28.8 Å². The summed E-state index contributed by atoms with van der Waals surface area (Å²) in [5, 5.41) is 11.3. The van der Waals surface area contributed by atoms with Crippen molar-refractivity contribution in [2.75, 3.05) is 26.4 Å². The minimum Gasteiger partial charge on any atom is -0.433 e. The molecule has 0 spiro atoms. The molecule has 174 valence electrons. The van der Waals surface area contributed by atoms with Crippen LogP contribution in [0.3, 0.4) is 0 Å². The third kappa shape index (κ3) is 7.20.